The number of phenols is 1. The molecule has 4 rings (SSSR count). The fourth-order valence-corrected chi connectivity index (χ4v) is 4.25. The summed E-state index contributed by atoms with van der Waals surface area (Å²) in [4.78, 5) is 26.2. The first-order valence-electron chi connectivity index (χ1n) is 8.57. The van der Waals surface area contributed by atoms with Gasteiger partial charge in [-0.15, -0.1) is 0 Å². The van der Waals surface area contributed by atoms with Gasteiger partial charge in [-0.25, -0.2) is 0 Å². The third-order valence-electron chi connectivity index (χ3n) is 6.20. The second-order valence-electron chi connectivity index (χ2n) is 7.77. The summed E-state index contributed by atoms with van der Waals surface area (Å²) in [6.45, 7) is 6.73. The molecule has 0 aromatic heterocycles. The summed E-state index contributed by atoms with van der Waals surface area (Å²) >= 11 is 0. The molecular weight excluding hydrogens is 352 g/mol. The normalized spacial score (nSPS) is 28.1. The molecule has 0 saturated carbocycles. The van der Waals surface area contributed by atoms with Crippen LogP contribution in [0.2, 0.25) is 0 Å². The summed E-state index contributed by atoms with van der Waals surface area (Å²) in [6.07, 6.45) is -0.544. The van der Waals surface area contributed by atoms with Crippen LogP contribution >= 0.6 is 0 Å². The number of ketones is 2. The Morgan fingerprint density at radius 1 is 1.15 bits per heavy atom. The zero-order chi connectivity index (χ0) is 20.0. The van der Waals surface area contributed by atoms with E-state index >= 15 is 0 Å². The monoisotopic (exact) mass is 372 g/mol. The lowest BCUT2D eigenvalue weighted by molar-refractivity contribution is -0.00662. The van der Waals surface area contributed by atoms with Crippen LogP contribution in [0.5, 0.6) is 5.75 Å². The largest absolute Gasteiger partial charge is 0.507 e. The van der Waals surface area contributed by atoms with Crippen LogP contribution in [0.15, 0.2) is 23.3 Å². The predicted octanol–water partition coefficient (Wildman–Crippen LogP) is 2.40. The Bertz CT molecular complexity index is 1010. The number of rotatable bonds is 1. The number of hydrogen-bond acceptors (Lipinski definition) is 7. The van der Waals surface area contributed by atoms with Gasteiger partial charge in [0.05, 0.1) is 18.2 Å². The number of aliphatic hydroxyl groups is 2. The first-order valence-corrected chi connectivity index (χ1v) is 8.57. The number of benzene rings is 1. The lowest BCUT2D eigenvalue weighted by Crippen LogP contribution is -2.53. The summed E-state index contributed by atoms with van der Waals surface area (Å²) in [5.41, 5.74) is -2.61. The molecule has 1 saturated heterocycles. The first kappa shape index (κ1) is 17.6. The molecule has 0 spiro atoms. The van der Waals surface area contributed by atoms with Crippen molar-refractivity contribution >= 4 is 17.1 Å². The molecule has 1 aliphatic heterocycles. The molecule has 1 fully saturated rings. The van der Waals surface area contributed by atoms with Crippen molar-refractivity contribution in [2.24, 2.45) is 5.41 Å². The van der Waals surface area contributed by atoms with Gasteiger partial charge in [0.25, 0.3) is 0 Å². The molecule has 0 unspecified atom stereocenters. The Morgan fingerprint density at radius 2 is 1.78 bits per heavy atom. The molecule has 3 N–H and O–H groups in total. The van der Waals surface area contributed by atoms with Gasteiger partial charge in [-0.05, 0) is 25.5 Å². The SMILES string of the molecule is COC1=C(O)C2=C3O[C@H](C)C(C)(C)[C@]3(O)C(=O)c3c(C)cc(O)c(c32)C1=O. The van der Waals surface area contributed by atoms with Gasteiger partial charge in [0, 0.05) is 16.5 Å². The number of aryl methyl sites for hydroxylation is 1. The Kier molecular flexibility index (Phi) is 3.21. The fourth-order valence-electron chi connectivity index (χ4n) is 4.25. The van der Waals surface area contributed by atoms with Crippen LogP contribution < -0.4 is 0 Å². The van der Waals surface area contributed by atoms with E-state index < -0.39 is 34.4 Å². The van der Waals surface area contributed by atoms with Crippen molar-refractivity contribution in [3.63, 3.8) is 0 Å². The van der Waals surface area contributed by atoms with Crippen LogP contribution in [0.1, 0.15) is 52.6 Å². The standard InChI is InChI=1S/C20H20O7/c1-7-6-9(21)11-12-10(7)17(24)20(25)18(27-8(2)19(20,3)4)13(12)15(23)16(26-5)14(11)22/h6,8,21,23,25H,1-5H3/t8-,20+/m1/s1. The number of fused-ring (bicyclic) bond motifs is 1. The number of methoxy groups -OCH3 is 1. The lowest BCUT2D eigenvalue weighted by Gasteiger charge is -2.39. The lowest BCUT2D eigenvalue weighted by atomic mass is 9.63. The van der Waals surface area contributed by atoms with Crippen molar-refractivity contribution in [2.45, 2.75) is 39.4 Å². The van der Waals surface area contributed by atoms with E-state index in [2.05, 4.69) is 0 Å². The van der Waals surface area contributed by atoms with Gasteiger partial charge in [0.15, 0.2) is 11.4 Å². The second-order valence-corrected chi connectivity index (χ2v) is 7.77. The minimum Gasteiger partial charge on any atom is -0.507 e. The maximum absolute atomic E-state index is 13.4. The van der Waals surface area contributed by atoms with Crippen LogP contribution in [0.3, 0.4) is 0 Å². The van der Waals surface area contributed by atoms with Crippen LogP contribution in [0.4, 0.5) is 0 Å². The van der Waals surface area contributed by atoms with Crippen LogP contribution in [-0.2, 0) is 9.47 Å². The molecule has 7 nitrogen and oxygen atoms in total. The van der Waals surface area contributed by atoms with Gasteiger partial charge in [-0.1, -0.05) is 13.8 Å². The van der Waals surface area contributed by atoms with Gasteiger partial charge < -0.3 is 24.8 Å². The predicted molar refractivity (Wildman–Crippen MR) is 94.4 cm³/mol. The van der Waals surface area contributed by atoms with E-state index in [4.69, 9.17) is 9.47 Å². The minimum absolute atomic E-state index is 0.00924. The Labute approximate surface area is 155 Å². The van der Waals surface area contributed by atoms with Crippen LogP contribution in [0.25, 0.3) is 5.57 Å². The van der Waals surface area contributed by atoms with Gasteiger partial charge in [0.1, 0.15) is 17.6 Å². The van der Waals surface area contributed by atoms with Crippen molar-refractivity contribution in [1.29, 1.82) is 0 Å². The first-order chi connectivity index (χ1) is 12.5. The summed E-state index contributed by atoms with van der Waals surface area (Å²) < 4.78 is 10.9. The van der Waals surface area contributed by atoms with Gasteiger partial charge in [-0.2, -0.15) is 0 Å². The van der Waals surface area contributed by atoms with Crippen molar-refractivity contribution in [3.8, 4) is 5.75 Å². The Balaban J connectivity index is 2.25. The molecule has 1 heterocycles. The molecule has 3 aliphatic rings. The average molecular weight is 372 g/mol. The average Bonchev–Trinajstić information content (AvgIpc) is 2.75. The highest BCUT2D eigenvalue weighted by molar-refractivity contribution is 6.24. The maximum atomic E-state index is 13.4. The number of hydrogen-bond donors (Lipinski definition) is 3. The van der Waals surface area contributed by atoms with E-state index in [1.807, 2.05) is 0 Å². The summed E-state index contributed by atoms with van der Waals surface area (Å²) in [7, 11) is 1.22. The minimum atomic E-state index is -2.03. The summed E-state index contributed by atoms with van der Waals surface area (Å²) in [6, 6.07) is 1.30. The van der Waals surface area contributed by atoms with Gasteiger partial charge in [0.2, 0.25) is 17.3 Å². The molecule has 0 radical (unpaired) electrons. The number of phenolic OH excluding ortho intramolecular Hbond substituents is 1. The number of carbonyl (C=O) groups is 2. The van der Waals surface area contributed by atoms with E-state index in [9.17, 15) is 24.9 Å². The maximum Gasteiger partial charge on any atom is 0.235 e. The van der Waals surface area contributed by atoms with Crippen molar-refractivity contribution in [1.82, 2.24) is 0 Å². The molecular formula is C20H20O7. The van der Waals surface area contributed by atoms with E-state index in [1.54, 1.807) is 27.7 Å². The van der Waals surface area contributed by atoms with Crippen LogP contribution in [0, 0.1) is 12.3 Å². The van der Waals surface area contributed by atoms with E-state index in [-0.39, 0.29) is 39.5 Å². The van der Waals surface area contributed by atoms with Crippen molar-refractivity contribution < 1.29 is 34.4 Å². The molecule has 2 aliphatic carbocycles. The van der Waals surface area contributed by atoms with E-state index in [0.29, 0.717) is 5.56 Å². The Hall–Kier alpha value is -2.80. The highest BCUT2D eigenvalue weighted by atomic mass is 16.5. The quantitative estimate of drug-likeness (QED) is 0.694. The third kappa shape index (κ3) is 1.71. The molecule has 7 heteroatoms. The molecule has 2 atom stereocenters. The second kappa shape index (κ2) is 4.92. The van der Waals surface area contributed by atoms with Gasteiger partial charge >= 0.3 is 0 Å². The fraction of sp³-hybridized carbons (Fsp3) is 0.400. The van der Waals surface area contributed by atoms with E-state index in [0.717, 1.165) is 0 Å². The third-order valence-corrected chi connectivity index (χ3v) is 6.20. The molecule has 0 amide bonds. The molecule has 1 aromatic carbocycles. The smallest absolute Gasteiger partial charge is 0.235 e. The Morgan fingerprint density at radius 3 is 2.37 bits per heavy atom. The van der Waals surface area contributed by atoms with Gasteiger partial charge in [-0.3, -0.25) is 9.59 Å². The number of Topliss-reactive ketones (excluding diaryl/α,β-unsaturated/α-hetero) is 2. The van der Waals surface area contributed by atoms with Crippen LogP contribution in [-0.4, -0.2) is 45.7 Å². The summed E-state index contributed by atoms with van der Waals surface area (Å²) in [5.74, 6) is -2.72. The molecule has 27 heavy (non-hydrogen) atoms. The number of aliphatic hydroxyl groups excluding tert-OH is 1. The zero-order valence-corrected chi connectivity index (χ0v) is 15.6. The number of ether oxygens (including phenoxy) is 2. The molecule has 1 aromatic rings. The molecule has 142 valence electrons. The molecule has 0 bridgehead atoms. The highest BCUT2D eigenvalue weighted by Crippen LogP contribution is 2.58. The van der Waals surface area contributed by atoms with Crippen molar-refractivity contribution in [3.05, 3.63) is 45.6 Å². The van der Waals surface area contributed by atoms with Crippen molar-refractivity contribution in [2.75, 3.05) is 7.11 Å². The number of allylic oxidation sites excluding steroid dienone is 2. The highest BCUT2D eigenvalue weighted by Gasteiger charge is 2.66. The van der Waals surface area contributed by atoms with E-state index in [1.165, 1.54) is 13.2 Å². The zero-order valence-electron chi connectivity index (χ0n) is 15.6. The summed E-state index contributed by atoms with van der Waals surface area (Å²) in [5, 5.41) is 32.7. The number of aromatic hydroxyl groups is 1. The number of carbonyl (C=O) groups excluding carboxylic acids is 2. The topological polar surface area (TPSA) is 113 Å².